The van der Waals surface area contributed by atoms with Gasteiger partial charge in [0.2, 0.25) is 11.9 Å². The van der Waals surface area contributed by atoms with E-state index in [1.54, 1.807) is 39.1 Å². The minimum Gasteiger partial charge on any atom is -0.444 e. The number of amides is 2. The van der Waals surface area contributed by atoms with Gasteiger partial charge in [0.25, 0.3) is 0 Å². The van der Waals surface area contributed by atoms with Gasteiger partial charge in [0, 0.05) is 56.0 Å². The quantitative estimate of drug-likeness (QED) is 0.629. The first-order valence-corrected chi connectivity index (χ1v) is 11.0. The number of ether oxygens (including phenoxy) is 1. The molecule has 2 aromatic heterocycles. The number of anilines is 3. The lowest BCUT2D eigenvalue weighted by molar-refractivity contribution is -0.138. The predicted octanol–water partition coefficient (Wildman–Crippen LogP) is 3.07. The molecule has 2 aromatic rings. The van der Waals surface area contributed by atoms with E-state index in [9.17, 15) is 22.8 Å². The highest BCUT2D eigenvalue weighted by Crippen LogP contribution is 2.28. The standard InChI is InChI=1S/C22H28F3N7O3/c1-14(30-20(34)35-21(2,3)4)10-27-16-5-6-26-17(9-16)32-8-7-31(13-18(32)33)19-28-11-15(12-29-19)22(23,24)25/h5-6,9,11-12,14H,7-8,10,13H2,1-4H3,(H,26,27)(H,30,34)/t14-/m0/s1. The van der Waals surface area contributed by atoms with Crippen LogP contribution in [0.3, 0.4) is 0 Å². The first-order valence-electron chi connectivity index (χ1n) is 11.0. The highest BCUT2D eigenvalue weighted by atomic mass is 19.4. The summed E-state index contributed by atoms with van der Waals surface area (Å²) in [4.78, 5) is 39.4. The second-order valence-electron chi connectivity index (χ2n) is 9.07. The smallest absolute Gasteiger partial charge is 0.419 e. The SMILES string of the molecule is C[C@@H](CNc1ccnc(N2CCN(c3ncc(C(F)(F)F)cn3)CC2=O)c1)NC(=O)OC(C)(C)C. The fourth-order valence-electron chi connectivity index (χ4n) is 3.22. The number of hydrogen-bond acceptors (Lipinski definition) is 8. The van der Waals surface area contributed by atoms with Crippen LogP contribution in [0.1, 0.15) is 33.3 Å². The second kappa shape index (κ2) is 10.3. The molecule has 190 valence electrons. The zero-order chi connectivity index (χ0) is 25.8. The molecule has 1 fully saturated rings. The molecule has 2 N–H and O–H groups in total. The van der Waals surface area contributed by atoms with Gasteiger partial charge in [-0.3, -0.25) is 9.69 Å². The van der Waals surface area contributed by atoms with Crippen molar-refractivity contribution in [1.29, 1.82) is 0 Å². The maximum Gasteiger partial charge on any atom is 0.419 e. The highest BCUT2D eigenvalue weighted by Gasteiger charge is 2.32. The number of rotatable bonds is 6. The third kappa shape index (κ3) is 7.42. The Hall–Kier alpha value is -3.64. The number of nitrogens with zero attached hydrogens (tertiary/aromatic N) is 5. The molecule has 13 heteroatoms. The number of alkyl halides is 3. The van der Waals surface area contributed by atoms with Crippen LogP contribution in [0, 0.1) is 0 Å². The molecule has 35 heavy (non-hydrogen) atoms. The first-order chi connectivity index (χ1) is 16.3. The van der Waals surface area contributed by atoms with Crippen molar-refractivity contribution in [1.82, 2.24) is 20.3 Å². The Morgan fingerprint density at radius 1 is 1.17 bits per heavy atom. The van der Waals surface area contributed by atoms with Gasteiger partial charge in [-0.1, -0.05) is 0 Å². The van der Waals surface area contributed by atoms with Crippen LogP contribution in [0.4, 0.5) is 35.4 Å². The molecule has 0 bridgehead atoms. The Bertz CT molecular complexity index is 1040. The Morgan fingerprint density at radius 3 is 2.46 bits per heavy atom. The zero-order valence-electron chi connectivity index (χ0n) is 19.9. The van der Waals surface area contributed by atoms with Crippen LogP contribution in [0.15, 0.2) is 30.7 Å². The number of nitrogens with one attached hydrogen (secondary N) is 2. The summed E-state index contributed by atoms with van der Waals surface area (Å²) < 4.78 is 43.4. The van der Waals surface area contributed by atoms with Crippen LogP contribution in [0.5, 0.6) is 0 Å². The van der Waals surface area contributed by atoms with Crippen LogP contribution >= 0.6 is 0 Å². The number of pyridine rings is 1. The maximum atomic E-state index is 12.7. The lowest BCUT2D eigenvalue weighted by atomic mass is 10.2. The third-order valence-electron chi connectivity index (χ3n) is 4.87. The van der Waals surface area contributed by atoms with Crippen molar-refractivity contribution >= 4 is 29.5 Å². The van der Waals surface area contributed by atoms with E-state index in [-0.39, 0.29) is 31.0 Å². The van der Waals surface area contributed by atoms with Gasteiger partial charge in [0.15, 0.2) is 0 Å². The predicted molar refractivity (Wildman–Crippen MR) is 123 cm³/mol. The summed E-state index contributed by atoms with van der Waals surface area (Å²) in [6.45, 7) is 8.08. The molecule has 3 heterocycles. The topological polar surface area (TPSA) is 113 Å². The van der Waals surface area contributed by atoms with E-state index in [1.807, 2.05) is 6.92 Å². The van der Waals surface area contributed by atoms with Gasteiger partial charge in [-0.05, 0) is 33.8 Å². The van der Waals surface area contributed by atoms with Gasteiger partial charge < -0.3 is 20.3 Å². The largest absolute Gasteiger partial charge is 0.444 e. The molecule has 1 atom stereocenters. The number of piperazine rings is 1. The summed E-state index contributed by atoms with van der Waals surface area (Å²) in [5.41, 5.74) is -0.837. The van der Waals surface area contributed by atoms with Crippen LogP contribution in [0.2, 0.25) is 0 Å². The molecule has 0 saturated carbocycles. The molecule has 0 aromatic carbocycles. The number of halogens is 3. The van der Waals surface area contributed by atoms with Crippen LogP contribution in [0.25, 0.3) is 0 Å². The molecular weight excluding hydrogens is 467 g/mol. The molecule has 10 nitrogen and oxygen atoms in total. The van der Waals surface area contributed by atoms with E-state index < -0.39 is 23.4 Å². The molecule has 0 radical (unpaired) electrons. The van der Waals surface area contributed by atoms with Gasteiger partial charge in [-0.15, -0.1) is 0 Å². The fourth-order valence-corrected chi connectivity index (χ4v) is 3.22. The summed E-state index contributed by atoms with van der Waals surface area (Å²) in [6, 6.07) is 3.22. The minimum atomic E-state index is -4.53. The van der Waals surface area contributed by atoms with Crippen molar-refractivity contribution in [3.05, 3.63) is 36.3 Å². The minimum absolute atomic E-state index is 0.0563. The molecule has 0 spiro atoms. The van der Waals surface area contributed by atoms with Crippen LogP contribution in [-0.2, 0) is 15.7 Å². The Morgan fingerprint density at radius 2 is 1.86 bits per heavy atom. The number of aromatic nitrogens is 3. The third-order valence-corrected chi connectivity index (χ3v) is 4.87. The summed E-state index contributed by atoms with van der Waals surface area (Å²) in [5.74, 6) is 0.200. The summed E-state index contributed by atoms with van der Waals surface area (Å²) in [7, 11) is 0. The summed E-state index contributed by atoms with van der Waals surface area (Å²) >= 11 is 0. The van der Waals surface area contributed by atoms with Crippen molar-refractivity contribution in [3.63, 3.8) is 0 Å². The summed E-state index contributed by atoms with van der Waals surface area (Å²) in [6.07, 6.45) is -2.07. The summed E-state index contributed by atoms with van der Waals surface area (Å²) in [5, 5.41) is 5.93. The van der Waals surface area contributed by atoms with Crippen molar-refractivity contribution in [2.75, 3.05) is 41.3 Å². The van der Waals surface area contributed by atoms with Gasteiger partial charge in [-0.25, -0.2) is 19.7 Å². The second-order valence-corrected chi connectivity index (χ2v) is 9.07. The molecule has 1 aliphatic rings. The molecule has 1 aliphatic heterocycles. The monoisotopic (exact) mass is 495 g/mol. The van der Waals surface area contributed by atoms with Gasteiger partial charge in [0.05, 0.1) is 5.56 Å². The van der Waals surface area contributed by atoms with Gasteiger partial charge in [0.1, 0.15) is 18.0 Å². The van der Waals surface area contributed by atoms with Crippen molar-refractivity contribution in [3.8, 4) is 0 Å². The highest BCUT2D eigenvalue weighted by molar-refractivity contribution is 5.97. The molecule has 1 saturated heterocycles. The van der Waals surface area contributed by atoms with Crippen molar-refractivity contribution in [2.24, 2.45) is 0 Å². The Balaban J connectivity index is 1.56. The number of hydrogen-bond donors (Lipinski definition) is 2. The average Bonchev–Trinajstić information content (AvgIpc) is 2.76. The van der Waals surface area contributed by atoms with Crippen LogP contribution in [-0.4, -0.2) is 64.8 Å². The van der Waals surface area contributed by atoms with E-state index in [0.29, 0.717) is 37.0 Å². The molecule has 2 amide bonds. The van der Waals surface area contributed by atoms with Gasteiger partial charge >= 0.3 is 12.3 Å². The number of alkyl carbamates (subject to hydrolysis) is 1. The first kappa shape index (κ1) is 26.0. The maximum absolute atomic E-state index is 12.7. The Kier molecular flexibility index (Phi) is 7.66. The fraction of sp³-hybridized carbons (Fsp3) is 0.500. The molecular formula is C22H28F3N7O3. The van der Waals surface area contributed by atoms with E-state index in [0.717, 1.165) is 0 Å². The normalized spacial score (nSPS) is 15.6. The van der Waals surface area contributed by atoms with Crippen LogP contribution < -0.4 is 20.4 Å². The van der Waals surface area contributed by atoms with E-state index in [1.165, 1.54) is 9.80 Å². The average molecular weight is 496 g/mol. The molecule has 3 rings (SSSR count). The molecule has 0 aliphatic carbocycles. The van der Waals surface area contributed by atoms with Crippen molar-refractivity contribution < 1.29 is 27.5 Å². The number of carbonyl (C=O) groups excluding carboxylic acids is 2. The lowest BCUT2D eigenvalue weighted by Crippen LogP contribution is -2.51. The molecule has 0 unspecified atom stereocenters. The zero-order valence-corrected chi connectivity index (χ0v) is 19.9. The lowest BCUT2D eigenvalue weighted by Gasteiger charge is -2.33. The van der Waals surface area contributed by atoms with Crippen molar-refractivity contribution in [2.45, 2.75) is 45.5 Å². The van der Waals surface area contributed by atoms with E-state index in [4.69, 9.17) is 4.74 Å². The van der Waals surface area contributed by atoms with E-state index in [2.05, 4.69) is 25.6 Å². The Labute approximate surface area is 200 Å². The van der Waals surface area contributed by atoms with Gasteiger partial charge in [-0.2, -0.15) is 13.2 Å². The van der Waals surface area contributed by atoms with E-state index >= 15 is 0 Å². The number of carbonyl (C=O) groups is 2.